The number of benzene rings is 1. The molecule has 1 fully saturated rings. The number of rotatable bonds is 6. The number of hydrogen-bond acceptors (Lipinski definition) is 7. The number of ether oxygens (including phenoxy) is 1. The minimum atomic E-state index is -0.344. The highest BCUT2D eigenvalue weighted by atomic mass is 32.2. The summed E-state index contributed by atoms with van der Waals surface area (Å²) in [6.45, 7) is 2.07. The largest absolute Gasteiger partial charge is 0.465 e. The van der Waals surface area contributed by atoms with E-state index >= 15 is 0 Å². The molecule has 1 aliphatic carbocycles. The quantitative estimate of drug-likeness (QED) is 0.482. The van der Waals surface area contributed by atoms with Crippen molar-refractivity contribution in [3.05, 3.63) is 35.4 Å². The SMILES string of the molecule is COC(=O)c1ccc(CSc2nnc(NC(=O)C3CC3C)s2)cc1. The molecule has 1 aliphatic rings. The van der Waals surface area contributed by atoms with Gasteiger partial charge < -0.3 is 10.1 Å². The summed E-state index contributed by atoms with van der Waals surface area (Å²) < 4.78 is 5.47. The molecular weight excluding hydrogens is 346 g/mol. The molecule has 1 N–H and O–H groups in total. The Labute approximate surface area is 148 Å². The summed E-state index contributed by atoms with van der Waals surface area (Å²) in [6.07, 6.45) is 0.952. The second-order valence-corrected chi connectivity index (χ2v) is 7.86. The second-order valence-electron chi connectivity index (χ2n) is 5.66. The van der Waals surface area contributed by atoms with Crippen LogP contribution in [0.25, 0.3) is 0 Å². The minimum Gasteiger partial charge on any atom is -0.465 e. The van der Waals surface area contributed by atoms with Crippen molar-refractivity contribution in [2.45, 2.75) is 23.4 Å². The molecule has 0 spiro atoms. The van der Waals surface area contributed by atoms with Gasteiger partial charge in [0.25, 0.3) is 0 Å². The van der Waals surface area contributed by atoms with Crippen LogP contribution in [0, 0.1) is 11.8 Å². The fraction of sp³-hybridized carbons (Fsp3) is 0.375. The first-order chi connectivity index (χ1) is 11.6. The Balaban J connectivity index is 1.51. The normalized spacial score (nSPS) is 18.9. The summed E-state index contributed by atoms with van der Waals surface area (Å²) in [5.41, 5.74) is 1.60. The van der Waals surface area contributed by atoms with E-state index in [9.17, 15) is 9.59 Å². The predicted molar refractivity (Wildman–Crippen MR) is 93.2 cm³/mol. The van der Waals surface area contributed by atoms with Crippen molar-refractivity contribution in [2.75, 3.05) is 12.4 Å². The highest BCUT2D eigenvalue weighted by molar-refractivity contribution is 8.00. The van der Waals surface area contributed by atoms with Crippen molar-refractivity contribution in [2.24, 2.45) is 11.8 Å². The van der Waals surface area contributed by atoms with Crippen molar-refractivity contribution >= 4 is 40.1 Å². The first-order valence-electron chi connectivity index (χ1n) is 7.51. The van der Waals surface area contributed by atoms with E-state index < -0.39 is 0 Å². The van der Waals surface area contributed by atoms with Crippen molar-refractivity contribution in [3.63, 3.8) is 0 Å². The monoisotopic (exact) mass is 363 g/mol. The Hall–Kier alpha value is -1.93. The number of esters is 1. The Morgan fingerprint density at radius 2 is 2.04 bits per heavy atom. The zero-order valence-electron chi connectivity index (χ0n) is 13.3. The van der Waals surface area contributed by atoms with Gasteiger partial charge in [0.05, 0.1) is 12.7 Å². The molecule has 3 rings (SSSR count). The highest BCUT2D eigenvalue weighted by Gasteiger charge is 2.39. The standard InChI is InChI=1S/C16H17N3O3S2/c1-9-7-12(9)13(20)17-15-18-19-16(24-15)23-8-10-3-5-11(6-4-10)14(21)22-2/h3-6,9,12H,7-8H2,1-2H3,(H,17,18,20). The lowest BCUT2D eigenvalue weighted by Gasteiger charge is -2.01. The van der Waals surface area contributed by atoms with Gasteiger partial charge in [-0.2, -0.15) is 0 Å². The van der Waals surface area contributed by atoms with E-state index in [1.807, 2.05) is 12.1 Å². The Morgan fingerprint density at radius 3 is 2.67 bits per heavy atom. The van der Waals surface area contributed by atoms with Gasteiger partial charge in [0.1, 0.15) is 0 Å². The molecular formula is C16H17N3O3S2. The van der Waals surface area contributed by atoms with Crippen LogP contribution < -0.4 is 5.32 Å². The number of nitrogens with one attached hydrogen (secondary N) is 1. The van der Waals surface area contributed by atoms with Crippen molar-refractivity contribution in [1.82, 2.24) is 10.2 Å². The number of nitrogens with zero attached hydrogens (tertiary/aromatic N) is 2. The van der Waals surface area contributed by atoms with Crippen LogP contribution in [-0.2, 0) is 15.3 Å². The van der Waals surface area contributed by atoms with Crippen molar-refractivity contribution in [1.29, 1.82) is 0 Å². The molecule has 2 aromatic rings. The lowest BCUT2D eigenvalue weighted by atomic mass is 10.1. The van der Waals surface area contributed by atoms with E-state index in [1.165, 1.54) is 18.4 Å². The topological polar surface area (TPSA) is 81.2 Å². The average Bonchev–Trinajstić information content (AvgIpc) is 3.17. The zero-order chi connectivity index (χ0) is 17.1. The molecule has 1 amide bonds. The number of carbonyl (C=O) groups is 2. The maximum atomic E-state index is 11.9. The molecule has 24 heavy (non-hydrogen) atoms. The van der Waals surface area contributed by atoms with E-state index in [0.717, 1.165) is 16.3 Å². The van der Waals surface area contributed by atoms with Gasteiger partial charge in [0.15, 0.2) is 4.34 Å². The van der Waals surface area contributed by atoms with Crippen LogP contribution in [0.1, 0.15) is 29.3 Å². The molecule has 2 unspecified atom stereocenters. The van der Waals surface area contributed by atoms with E-state index in [0.29, 0.717) is 22.4 Å². The van der Waals surface area contributed by atoms with Crippen molar-refractivity contribution < 1.29 is 14.3 Å². The number of anilines is 1. The third-order valence-corrected chi connectivity index (χ3v) is 5.86. The number of carbonyl (C=O) groups excluding carboxylic acids is 2. The van der Waals surface area contributed by atoms with Crippen LogP contribution in [0.4, 0.5) is 5.13 Å². The average molecular weight is 363 g/mol. The first-order valence-corrected chi connectivity index (χ1v) is 9.31. The molecule has 1 saturated carbocycles. The number of thioether (sulfide) groups is 1. The van der Waals surface area contributed by atoms with Crippen molar-refractivity contribution in [3.8, 4) is 0 Å². The summed E-state index contributed by atoms with van der Waals surface area (Å²) in [5, 5.41) is 11.5. The second kappa shape index (κ2) is 7.31. The lowest BCUT2D eigenvalue weighted by Crippen LogP contribution is -2.14. The van der Waals surface area contributed by atoms with E-state index in [-0.39, 0.29) is 17.8 Å². The Morgan fingerprint density at radius 1 is 1.33 bits per heavy atom. The molecule has 8 heteroatoms. The number of aromatic nitrogens is 2. The number of hydrogen-bond donors (Lipinski definition) is 1. The lowest BCUT2D eigenvalue weighted by molar-refractivity contribution is -0.117. The van der Waals surface area contributed by atoms with Gasteiger partial charge in [-0.15, -0.1) is 10.2 Å². The van der Waals surface area contributed by atoms with Crippen LogP contribution in [-0.4, -0.2) is 29.2 Å². The third-order valence-electron chi connectivity index (χ3n) is 3.82. The van der Waals surface area contributed by atoms with Crippen LogP contribution in [0.3, 0.4) is 0 Å². The summed E-state index contributed by atoms with van der Waals surface area (Å²) >= 11 is 2.92. The number of methoxy groups -OCH3 is 1. The maximum absolute atomic E-state index is 11.9. The molecule has 1 aromatic heterocycles. The Bertz CT molecular complexity index is 745. The van der Waals surface area contributed by atoms with Gasteiger partial charge in [0, 0.05) is 11.7 Å². The minimum absolute atomic E-state index is 0.0357. The third kappa shape index (κ3) is 4.12. The smallest absolute Gasteiger partial charge is 0.337 e. The predicted octanol–water partition coefficient (Wildman–Crippen LogP) is 3.21. The molecule has 1 heterocycles. The highest BCUT2D eigenvalue weighted by Crippen LogP contribution is 2.39. The summed E-state index contributed by atoms with van der Waals surface area (Å²) in [4.78, 5) is 23.3. The van der Waals surface area contributed by atoms with Crippen LogP contribution in [0.2, 0.25) is 0 Å². The van der Waals surface area contributed by atoms with E-state index in [4.69, 9.17) is 0 Å². The first kappa shape index (κ1) is 16.9. The fourth-order valence-corrected chi connectivity index (χ4v) is 3.91. The number of amides is 1. The van der Waals surface area contributed by atoms with E-state index in [2.05, 4.69) is 27.2 Å². The molecule has 6 nitrogen and oxygen atoms in total. The van der Waals surface area contributed by atoms with Gasteiger partial charge in [-0.1, -0.05) is 42.2 Å². The molecule has 0 saturated heterocycles. The van der Waals surface area contributed by atoms with Gasteiger partial charge in [-0.05, 0) is 30.0 Å². The van der Waals surface area contributed by atoms with Gasteiger partial charge in [0.2, 0.25) is 11.0 Å². The Kier molecular flexibility index (Phi) is 5.15. The fourth-order valence-electron chi connectivity index (χ4n) is 2.20. The molecule has 0 radical (unpaired) electrons. The zero-order valence-corrected chi connectivity index (χ0v) is 14.9. The molecule has 2 atom stereocenters. The molecule has 0 bridgehead atoms. The molecule has 1 aromatic carbocycles. The molecule has 0 aliphatic heterocycles. The summed E-state index contributed by atoms with van der Waals surface area (Å²) in [6, 6.07) is 7.25. The van der Waals surface area contributed by atoms with Crippen LogP contribution in [0.5, 0.6) is 0 Å². The van der Waals surface area contributed by atoms with Gasteiger partial charge >= 0.3 is 5.97 Å². The molecule has 126 valence electrons. The van der Waals surface area contributed by atoms with Gasteiger partial charge in [-0.25, -0.2) is 4.79 Å². The van der Waals surface area contributed by atoms with E-state index in [1.54, 1.807) is 23.9 Å². The van der Waals surface area contributed by atoms with Crippen LogP contribution in [0.15, 0.2) is 28.6 Å². The van der Waals surface area contributed by atoms with Crippen LogP contribution >= 0.6 is 23.1 Å². The maximum Gasteiger partial charge on any atom is 0.337 e. The van der Waals surface area contributed by atoms with Gasteiger partial charge in [-0.3, -0.25) is 4.79 Å². The summed E-state index contributed by atoms with van der Waals surface area (Å²) in [5.74, 6) is 0.999. The summed E-state index contributed by atoms with van der Waals surface area (Å²) in [7, 11) is 1.36.